The second-order valence-electron chi connectivity index (χ2n) is 5.84. The lowest BCUT2D eigenvalue weighted by Crippen LogP contribution is -2.24. The van der Waals surface area contributed by atoms with E-state index in [-0.39, 0.29) is 11.2 Å². The van der Waals surface area contributed by atoms with Crippen molar-refractivity contribution < 1.29 is 9.32 Å². The highest BCUT2D eigenvalue weighted by molar-refractivity contribution is 8.00. The smallest absolute Gasteiger partial charge is 0.239 e. The number of carbonyl (C=O) groups is 1. The molecule has 0 fully saturated rings. The Balaban J connectivity index is 1.66. The summed E-state index contributed by atoms with van der Waals surface area (Å²) in [6.45, 7) is 5.84. The number of aromatic nitrogens is 4. The molecule has 0 unspecified atom stereocenters. The molecule has 0 saturated heterocycles. The van der Waals surface area contributed by atoms with Gasteiger partial charge in [0.15, 0.2) is 11.6 Å². The van der Waals surface area contributed by atoms with Gasteiger partial charge in [-0.05, 0) is 25.3 Å². The van der Waals surface area contributed by atoms with Crippen LogP contribution in [-0.2, 0) is 11.2 Å². The number of amides is 1. The van der Waals surface area contributed by atoms with Crippen LogP contribution in [0.4, 0.5) is 5.82 Å². The maximum atomic E-state index is 12.4. The number of aryl methyl sites for hydroxylation is 2. The molecule has 0 spiro atoms. The van der Waals surface area contributed by atoms with Crippen molar-refractivity contribution in [3.63, 3.8) is 0 Å². The average molecular weight is 371 g/mol. The highest BCUT2D eigenvalue weighted by atomic mass is 32.2. The van der Waals surface area contributed by atoms with E-state index in [0.29, 0.717) is 29.0 Å². The molecule has 3 rings (SSSR count). The first-order valence-corrected chi connectivity index (χ1v) is 9.39. The van der Waals surface area contributed by atoms with Crippen molar-refractivity contribution in [3.05, 3.63) is 41.7 Å². The lowest BCUT2D eigenvalue weighted by Gasteiger charge is -2.10. The number of anilines is 1. The van der Waals surface area contributed by atoms with Gasteiger partial charge in [0.05, 0.1) is 5.25 Å². The molecule has 0 saturated carbocycles. The van der Waals surface area contributed by atoms with Gasteiger partial charge in [-0.3, -0.25) is 9.89 Å². The molecule has 1 amide bonds. The van der Waals surface area contributed by atoms with E-state index in [1.165, 1.54) is 17.3 Å². The topological polar surface area (TPSA) is 96.7 Å². The molecular formula is C18H21N5O2S. The van der Waals surface area contributed by atoms with Gasteiger partial charge in [-0.15, -0.1) is 5.10 Å². The van der Waals surface area contributed by atoms with Crippen molar-refractivity contribution in [2.45, 2.75) is 44.0 Å². The molecule has 26 heavy (non-hydrogen) atoms. The molecule has 136 valence electrons. The van der Waals surface area contributed by atoms with Crippen LogP contribution in [0.3, 0.4) is 0 Å². The Hall–Kier alpha value is -2.61. The van der Waals surface area contributed by atoms with Gasteiger partial charge in [0.2, 0.25) is 11.1 Å². The molecule has 7 nitrogen and oxygen atoms in total. The van der Waals surface area contributed by atoms with Gasteiger partial charge in [-0.1, -0.05) is 55.0 Å². The fraction of sp³-hybridized carbons (Fsp3) is 0.333. The second-order valence-corrected chi connectivity index (χ2v) is 7.01. The van der Waals surface area contributed by atoms with Crippen molar-refractivity contribution in [2.24, 2.45) is 0 Å². The average Bonchev–Trinajstić information content (AvgIpc) is 3.28. The molecule has 3 aromatic rings. The standard InChI is InChI=1S/C18H21N5O2S/c1-4-12-6-8-13(9-7-12)16-20-18(22-21-16)26-14(5-2)17(24)19-15-10-11(3)25-23-15/h6-10,14H,4-5H2,1-3H3,(H,19,23,24)(H,20,21,22)/t14-/m1/s1. The van der Waals surface area contributed by atoms with Gasteiger partial charge in [0.25, 0.3) is 0 Å². The Morgan fingerprint density at radius 3 is 2.69 bits per heavy atom. The lowest BCUT2D eigenvalue weighted by atomic mass is 10.1. The van der Waals surface area contributed by atoms with Crippen molar-refractivity contribution in [3.8, 4) is 11.4 Å². The molecule has 1 atom stereocenters. The quantitative estimate of drug-likeness (QED) is 0.613. The maximum Gasteiger partial charge on any atom is 0.239 e. The lowest BCUT2D eigenvalue weighted by molar-refractivity contribution is -0.115. The monoisotopic (exact) mass is 371 g/mol. The minimum Gasteiger partial charge on any atom is -0.360 e. The van der Waals surface area contributed by atoms with Gasteiger partial charge in [0.1, 0.15) is 5.76 Å². The molecule has 2 heterocycles. The summed E-state index contributed by atoms with van der Waals surface area (Å²) in [5, 5.41) is 13.9. The zero-order valence-corrected chi connectivity index (χ0v) is 15.8. The number of rotatable bonds is 7. The van der Waals surface area contributed by atoms with Crippen LogP contribution in [0.5, 0.6) is 0 Å². The third kappa shape index (κ3) is 4.32. The normalized spacial score (nSPS) is 12.1. The van der Waals surface area contributed by atoms with Gasteiger partial charge < -0.3 is 9.84 Å². The third-order valence-electron chi connectivity index (χ3n) is 3.89. The minimum absolute atomic E-state index is 0.149. The third-order valence-corrected chi connectivity index (χ3v) is 5.12. The highest BCUT2D eigenvalue weighted by Gasteiger charge is 2.21. The van der Waals surface area contributed by atoms with Crippen LogP contribution in [-0.4, -0.2) is 31.5 Å². The predicted octanol–water partition coefficient (Wildman–Crippen LogP) is 3.84. The first-order valence-electron chi connectivity index (χ1n) is 8.51. The fourth-order valence-corrected chi connectivity index (χ4v) is 3.24. The van der Waals surface area contributed by atoms with Crippen molar-refractivity contribution in [1.29, 1.82) is 0 Å². The summed E-state index contributed by atoms with van der Waals surface area (Å²) in [4.78, 5) is 16.9. The van der Waals surface area contributed by atoms with Crippen LogP contribution in [0.15, 0.2) is 40.0 Å². The number of benzene rings is 1. The van der Waals surface area contributed by atoms with Crippen LogP contribution < -0.4 is 5.32 Å². The van der Waals surface area contributed by atoms with Crippen LogP contribution in [0.25, 0.3) is 11.4 Å². The van der Waals surface area contributed by atoms with E-state index in [2.05, 4.69) is 44.7 Å². The number of H-pyrrole nitrogens is 1. The van der Waals surface area contributed by atoms with Crippen molar-refractivity contribution in [1.82, 2.24) is 20.3 Å². The number of aromatic amines is 1. The number of hydrogen-bond acceptors (Lipinski definition) is 6. The first-order chi connectivity index (χ1) is 12.6. The molecule has 0 aliphatic heterocycles. The summed E-state index contributed by atoms with van der Waals surface area (Å²) >= 11 is 1.32. The predicted molar refractivity (Wildman–Crippen MR) is 101 cm³/mol. The van der Waals surface area contributed by atoms with Gasteiger partial charge in [-0.25, -0.2) is 4.98 Å². The van der Waals surface area contributed by atoms with Crippen LogP contribution >= 0.6 is 11.8 Å². The molecule has 8 heteroatoms. The van der Waals surface area contributed by atoms with Crippen LogP contribution in [0.1, 0.15) is 31.6 Å². The second kappa shape index (κ2) is 8.18. The maximum absolute atomic E-state index is 12.4. The summed E-state index contributed by atoms with van der Waals surface area (Å²) in [5.41, 5.74) is 2.24. The van der Waals surface area contributed by atoms with E-state index in [0.717, 1.165) is 12.0 Å². The van der Waals surface area contributed by atoms with Gasteiger partial charge in [0, 0.05) is 11.6 Å². The Labute approximate surface area is 156 Å². The van der Waals surface area contributed by atoms with Crippen LogP contribution in [0.2, 0.25) is 0 Å². The summed E-state index contributed by atoms with van der Waals surface area (Å²) in [6.07, 6.45) is 1.64. The van der Waals surface area contributed by atoms with E-state index in [4.69, 9.17) is 4.52 Å². The molecule has 0 aliphatic rings. The number of nitrogens with one attached hydrogen (secondary N) is 2. The molecule has 2 N–H and O–H groups in total. The fourth-order valence-electron chi connectivity index (χ4n) is 2.41. The number of hydrogen-bond donors (Lipinski definition) is 2. The van der Waals surface area contributed by atoms with Crippen molar-refractivity contribution in [2.75, 3.05) is 5.32 Å². The summed E-state index contributed by atoms with van der Waals surface area (Å²) in [5.74, 6) is 1.61. The highest BCUT2D eigenvalue weighted by Crippen LogP contribution is 2.25. The first kappa shape index (κ1) is 18.2. The van der Waals surface area contributed by atoms with Gasteiger partial charge in [-0.2, -0.15) is 0 Å². The molecule has 2 aromatic heterocycles. The number of nitrogens with zero attached hydrogens (tertiary/aromatic N) is 3. The summed E-state index contributed by atoms with van der Waals surface area (Å²) in [6, 6.07) is 9.87. The van der Waals surface area contributed by atoms with E-state index in [1.54, 1.807) is 13.0 Å². The number of thioether (sulfide) groups is 1. The SMILES string of the molecule is CCc1ccc(-c2nc(S[C@H](CC)C(=O)Nc3cc(C)on3)n[nH]2)cc1. The van der Waals surface area contributed by atoms with Gasteiger partial charge >= 0.3 is 0 Å². The number of carbonyl (C=O) groups excluding carboxylic acids is 1. The van der Waals surface area contributed by atoms with Crippen molar-refractivity contribution >= 4 is 23.5 Å². The largest absolute Gasteiger partial charge is 0.360 e. The Morgan fingerprint density at radius 1 is 1.31 bits per heavy atom. The van der Waals surface area contributed by atoms with Crippen LogP contribution in [0, 0.1) is 6.92 Å². The van der Waals surface area contributed by atoms with E-state index in [1.807, 2.05) is 19.1 Å². The molecule has 0 aliphatic carbocycles. The molecule has 0 radical (unpaired) electrons. The minimum atomic E-state index is -0.321. The summed E-state index contributed by atoms with van der Waals surface area (Å²) < 4.78 is 4.96. The zero-order valence-electron chi connectivity index (χ0n) is 14.9. The van der Waals surface area contributed by atoms with E-state index < -0.39 is 0 Å². The Kier molecular flexibility index (Phi) is 5.72. The Morgan fingerprint density at radius 2 is 2.08 bits per heavy atom. The van der Waals surface area contributed by atoms with E-state index >= 15 is 0 Å². The zero-order chi connectivity index (χ0) is 18.5. The molecule has 0 bridgehead atoms. The molecular weight excluding hydrogens is 350 g/mol. The molecule has 1 aromatic carbocycles. The Bertz CT molecular complexity index is 872. The van der Waals surface area contributed by atoms with E-state index in [9.17, 15) is 4.79 Å². The summed E-state index contributed by atoms with van der Waals surface area (Å²) in [7, 11) is 0.